The second kappa shape index (κ2) is 8.88. The highest BCUT2D eigenvalue weighted by molar-refractivity contribution is 6.84. The Morgan fingerprint density at radius 2 is 1.50 bits per heavy atom. The van der Waals surface area contributed by atoms with Crippen LogP contribution in [-0.2, 0) is 13.0 Å². The molecule has 0 unspecified atom stereocenters. The molecule has 0 bridgehead atoms. The number of likely N-dealkylation sites (tertiary alicyclic amines) is 1. The van der Waals surface area contributed by atoms with Crippen molar-refractivity contribution >= 4 is 25.9 Å². The quantitative estimate of drug-likeness (QED) is 0.378. The molecular formula is C19H44NO3Si3. The van der Waals surface area contributed by atoms with E-state index in [0.717, 1.165) is 31.9 Å². The normalized spacial score (nSPS) is 22.2. The largest absolute Gasteiger partial charge is 0.437 e. The summed E-state index contributed by atoms with van der Waals surface area (Å²) in [5.74, 6) is 0. The standard InChI is InChI=1S/C19H44NO3Si3/c1-18(2)15-17(16-19(3,4)20(18)5)21-13-12-14-25(8,9)23-26(10,11)22-24(6)7/h17H,12-16H2,1-11H3. The molecule has 0 aromatic heterocycles. The Balaban J connectivity index is 2.44. The van der Waals surface area contributed by atoms with E-state index >= 15 is 0 Å². The second-order valence-corrected chi connectivity index (χ2v) is 20.7. The van der Waals surface area contributed by atoms with E-state index in [1.54, 1.807) is 0 Å². The van der Waals surface area contributed by atoms with Gasteiger partial charge < -0.3 is 13.0 Å². The van der Waals surface area contributed by atoms with Gasteiger partial charge in [0.05, 0.1) is 6.10 Å². The fourth-order valence-corrected chi connectivity index (χ4v) is 15.6. The van der Waals surface area contributed by atoms with Crippen LogP contribution in [0.5, 0.6) is 0 Å². The van der Waals surface area contributed by atoms with Gasteiger partial charge in [-0.2, -0.15) is 0 Å². The maximum Gasteiger partial charge on any atom is 0.311 e. The highest BCUT2D eigenvalue weighted by Gasteiger charge is 2.43. The first kappa shape index (κ1) is 24.5. The Morgan fingerprint density at radius 1 is 1.00 bits per heavy atom. The van der Waals surface area contributed by atoms with E-state index in [9.17, 15) is 0 Å². The molecule has 26 heavy (non-hydrogen) atoms. The summed E-state index contributed by atoms with van der Waals surface area (Å²) in [6, 6.07) is 1.14. The first-order chi connectivity index (χ1) is 11.6. The summed E-state index contributed by atoms with van der Waals surface area (Å²) in [6.07, 6.45) is 3.67. The van der Waals surface area contributed by atoms with Crippen LogP contribution < -0.4 is 0 Å². The van der Waals surface area contributed by atoms with E-state index < -0.39 is 25.9 Å². The van der Waals surface area contributed by atoms with Crippen molar-refractivity contribution in [3.8, 4) is 0 Å². The van der Waals surface area contributed by atoms with Gasteiger partial charge in [-0.1, -0.05) is 0 Å². The molecule has 0 atom stereocenters. The van der Waals surface area contributed by atoms with Crippen molar-refractivity contribution in [2.75, 3.05) is 13.7 Å². The van der Waals surface area contributed by atoms with Crippen LogP contribution in [-0.4, -0.2) is 61.7 Å². The first-order valence-corrected chi connectivity index (χ1v) is 18.5. The molecule has 0 aliphatic carbocycles. The van der Waals surface area contributed by atoms with Crippen LogP contribution >= 0.6 is 0 Å². The third kappa shape index (κ3) is 7.85. The van der Waals surface area contributed by atoms with Crippen LogP contribution in [0.15, 0.2) is 0 Å². The minimum absolute atomic E-state index is 0.191. The van der Waals surface area contributed by atoms with Crippen molar-refractivity contribution in [2.45, 2.75) is 109 Å². The Morgan fingerprint density at radius 3 is 1.96 bits per heavy atom. The van der Waals surface area contributed by atoms with Crippen LogP contribution in [0.4, 0.5) is 0 Å². The van der Waals surface area contributed by atoms with Crippen molar-refractivity contribution in [1.82, 2.24) is 4.90 Å². The number of hydrogen-bond donors (Lipinski definition) is 0. The monoisotopic (exact) mass is 418 g/mol. The third-order valence-corrected chi connectivity index (χ3v) is 14.9. The highest BCUT2D eigenvalue weighted by atomic mass is 28.5. The van der Waals surface area contributed by atoms with E-state index in [1.165, 1.54) is 0 Å². The van der Waals surface area contributed by atoms with Crippen molar-refractivity contribution in [2.24, 2.45) is 0 Å². The molecule has 0 saturated carbocycles. The van der Waals surface area contributed by atoms with Gasteiger partial charge in [-0.15, -0.1) is 0 Å². The van der Waals surface area contributed by atoms with Crippen LogP contribution in [0, 0.1) is 0 Å². The van der Waals surface area contributed by atoms with Crippen LogP contribution in [0.2, 0.25) is 45.3 Å². The van der Waals surface area contributed by atoms with Gasteiger partial charge in [0.15, 0.2) is 17.4 Å². The van der Waals surface area contributed by atoms with Crippen LogP contribution in [0.3, 0.4) is 0 Å². The van der Waals surface area contributed by atoms with Crippen molar-refractivity contribution < 1.29 is 13.0 Å². The van der Waals surface area contributed by atoms with Gasteiger partial charge in [-0.05, 0) is 99.3 Å². The summed E-state index contributed by atoms with van der Waals surface area (Å²) in [7, 11) is -2.13. The predicted octanol–water partition coefficient (Wildman–Crippen LogP) is 5.24. The molecule has 0 amide bonds. The Bertz CT molecular complexity index is 435. The average molecular weight is 419 g/mol. The number of hydrogen-bond acceptors (Lipinski definition) is 4. The lowest BCUT2D eigenvalue weighted by Crippen LogP contribution is -2.60. The van der Waals surface area contributed by atoms with Gasteiger partial charge in [0.1, 0.15) is 0 Å². The van der Waals surface area contributed by atoms with Crippen molar-refractivity contribution in [3.05, 3.63) is 0 Å². The van der Waals surface area contributed by atoms with Crippen LogP contribution in [0.25, 0.3) is 0 Å². The topological polar surface area (TPSA) is 30.9 Å². The molecule has 1 heterocycles. The Labute approximate surface area is 167 Å². The third-order valence-electron chi connectivity index (χ3n) is 5.52. The maximum absolute atomic E-state index is 6.53. The molecule has 7 heteroatoms. The molecule has 1 aliphatic heterocycles. The van der Waals surface area contributed by atoms with E-state index in [2.05, 4.69) is 78.9 Å². The molecule has 0 spiro atoms. The van der Waals surface area contributed by atoms with Gasteiger partial charge >= 0.3 is 8.56 Å². The average Bonchev–Trinajstić information content (AvgIpc) is 2.37. The lowest BCUT2D eigenvalue weighted by molar-refractivity contribution is -0.0912. The molecular weight excluding hydrogens is 374 g/mol. The van der Waals surface area contributed by atoms with E-state index in [1.807, 2.05) is 0 Å². The fraction of sp³-hybridized carbons (Fsp3) is 1.00. The van der Waals surface area contributed by atoms with E-state index in [0.29, 0.717) is 6.10 Å². The fourth-order valence-electron chi connectivity index (χ4n) is 4.37. The highest BCUT2D eigenvalue weighted by Crippen LogP contribution is 2.38. The number of nitrogens with zero attached hydrogens (tertiary/aromatic N) is 1. The van der Waals surface area contributed by atoms with E-state index in [4.69, 9.17) is 13.0 Å². The molecule has 0 aromatic carbocycles. The summed E-state index contributed by atoms with van der Waals surface area (Å²) in [5, 5.41) is 0. The summed E-state index contributed by atoms with van der Waals surface area (Å²) in [6.45, 7) is 23.6. The number of rotatable bonds is 9. The van der Waals surface area contributed by atoms with E-state index in [-0.39, 0.29) is 11.1 Å². The molecule has 1 rings (SSSR count). The molecule has 0 N–H and O–H groups in total. The number of piperidine rings is 1. The predicted molar refractivity (Wildman–Crippen MR) is 119 cm³/mol. The second-order valence-electron chi connectivity index (χ2n) is 10.5. The zero-order valence-electron chi connectivity index (χ0n) is 19.3. The van der Waals surface area contributed by atoms with Crippen LogP contribution in [0.1, 0.15) is 47.0 Å². The minimum Gasteiger partial charge on any atom is -0.437 e. The summed E-state index contributed by atoms with van der Waals surface area (Å²) in [5.41, 5.74) is 0.381. The molecule has 1 fully saturated rings. The molecule has 0 aromatic rings. The maximum atomic E-state index is 6.53. The summed E-state index contributed by atoms with van der Waals surface area (Å²) < 4.78 is 19.0. The summed E-state index contributed by atoms with van der Waals surface area (Å²) in [4.78, 5) is 2.51. The Kier molecular flexibility index (Phi) is 8.38. The zero-order valence-corrected chi connectivity index (χ0v) is 22.3. The smallest absolute Gasteiger partial charge is 0.311 e. The van der Waals surface area contributed by atoms with Crippen molar-refractivity contribution in [1.29, 1.82) is 0 Å². The SMILES string of the molecule is CN1C(C)(C)CC(OCCC[Si](C)(C)O[Si](C)(C)O[Si](C)C)CC1(C)C. The lowest BCUT2D eigenvalue weighted by atomic mass is 9.79. The summed E-state index contributed by atoms with van der Waals surface area (Å²) >= 11 is 0. The van der Waals surface area contributed by atoms with Gasteiger partial charge in [-0.25, -0.2) is 0 Å². The van der Waals surface area contributed by atoms with Gasteiger partial charge in [0, 0.05) is 17.7 Å². The molecule has 1 radical (unpaired) electrons. The van der Waals surface area contributed by atoms with Gasteiger partial charge in [0.2, 0.25) is 0 Å². The lowest BCUT2D eigenvalue weighted by Gasteiger charge is -2.53. The van der Waals surface area contributed by atoms with Crippen molar-refractivity contribution in [3.63, 3.8) is 0 Å². The number of ether oxygens (including phenoxy) is 1. The Hall–Kier alpha value is 0.491. The molecule has 155 valence electrons. The molecule has 1 saturated heterocycles. The minimum atomic E-state index is -1.98. The first-order valence-electron chi connectivity index (χ1n) is 10.1. The zero-order chi connectivity index (χ0) is 20.4. The van der Waals surface area contributed by atoms with Gasteiger partial charge in [-0.3, -0.25) is 4.90 Å². The van der Waals surface area contributed by atoms with Gasteiger partial charge in [0.25, 0.3) is 0 Å². The molecule has 1 aliphatic rings. The molecule has 4 nitrogen and oxygen atoms in total.